The molecule has 22 heavy (non-hydrogen) atoms. The van der Waals surface area contributed by atoms with Gasteiger partial charge >= 0.3 is 0 Å². The summed E-state index contributed by atoms with van der Waals surface area (Å²) >= 11 is 0.857. The van der Waals surface area contributed by atoms with Crippen molar-refractivity contribution in [2.75, 3.05) is 25.5 Å². The molecule has 3 N–H and O–H groups in total. The monoisotopic (exact) mass is 345 g/mol. The van der Waals surface area contributed by atoms with E-state index in [-0.39, 0.29) is 21.3 Å². The number of sulfonamides is 1. The minimum atomic E-state index is -3.61. The van der Waals surface area contributed by atoms with Crippen LogP contribution in [0.3, 0.4) is 0 Å². The highest BCUT2D eigenvalue weighted by molar-refractivity contribution is 7.91. The van der Waals surface area contributed by atoms with Gasteiger partial charge in [0, 0.05) is 5.92 Å². The van der Waals surface area contributed by atoms with Gasteiger partial charge in [0.25, 0.3) is 10.0 Å². The number of carbonyl (C=O) groups is 1. The summed E-state index contributed by atoms with van der Waals surface area (Å²) in [7, 11) is -2.30. The Kier molecular flexibility index (Phi) is 4.19. The molecule has 2 aliphatic rings. The lowest BCUT2D eigenvalue weighted by Gasteiger charge is -2.49. The maximum Gasteiger partial charge on any atom is 0.269 e. The summed E-state index contributed by atoms with van der Waals surface area (Å²) in [5.41, 5.74) is 0.328. The van der Waals surface area contributed by atoms with Crippen molar-refractivity contribution in [1.82, 2.24) is 20.2 Å². The maximum absolute atomic E-state index is 12.2. The molecular weight excluding hydrogens is 326 g/mol. The highest BCUT2D eigenvalue weighted by Gasteiger charge is 2.47. The summed E-state index contributed by atoms with van der Waals surface area (Å²) in [5, 5.41) is 13.6. The fourth-order valence-electron chi connectivity index (χ4n) is 3.20. The lowest BCUT2D eigenvalue weighted by molar-refractivity contribution is -0.128. The lowest BCUT2D eigenvalue weighted by atomic mass is 9.57. The molecule has 0 bridgehead atoms. The standard InChI is InChI=1S/C12H19N5O3S2/c1-13-22(19,20)11-17-16-10(21-11)15-9(18)8-6-12(7-8)2-4-14-5-3-12/h8,13-14H,2-7H2,1H3,(H,15,16,18). The Morgan fingerprint density at radius 2 is 2.00 bits per heavy atom. The number of hydrogen-bond acceptors (Lipinski definition) is 7. The van der Waals surface area contributed by atoms with Gasteiger partial charge in [-0.3, -0.25) is 4.79 Å². The highest BCUT2D eigenvalue weighted by atomic mass is 32.2. The summed E-state index contributed by atoms with van der Waals surface area (Å²) in [6.07, 6.45) is 4.06. The van der Waals surface area contributed by atoms with E-state index in [0.717, 1.165) is 50.1 Å². The fraction of sp³-hybridized carbons (Fsp3) is 0.750. The predicted octanol–water partition coefficient (Wildman–Crippen LogP) is 0.165. The van der Waals surface area contributed by atoms with Crippen molar-refractivity contribution in [2.45, 2.75) is 30.0 Å². The molecule has 8 nitrogen and oxygen atoms in total. The molecule has 10 heteroatoms. The molecule has 1 aliphatic carbocycles. The van der Waals surface area contributed by atoms with Crippen molar-refractivity contribution in [2.24, 2.45) is 11.3 Å². The van der Waals surface area contributed by atoms with E-state index in [1.54, 1.807) is 0 Å². The molecule has 1 spiro atoms. The van der Waals surface area contributed by atoms with Crippen LogP contribution >= 0.6 is 11.3 Å². The normalized spacial score (nSPS) is 21.5. The van der Waals surface area contributed by atoms with E-state index in [2.05, 4.69) is 25.6 Å². The van der Waals surface area contributed by atoms with Crippen molar-refractivity contribution in [1.29, 1.82) is 0 Å². The molecule has 1 amide bonds. The molecule has 0 radical (unpaired) electrons. The smallest absolute Gasteiger partial charge is 0.269 e. The first kappa shape index (κ1) is 15.8. The van der Waals surface area contributed by atoms with E-state index in [0.29, 0.717) is 5.41 Å². The maximum atomic E-state index is 12.2. The topological polar surface area (TPSA) is 113 Å². The number of nitrogens with zero attached hydrogens (tertiary/aromatic N) is 2. The number of anilines is 1. The van der Waals surface area contributed by atoms with Gasteiger partial charge in [0.15, 0.2) is 0 Å². The van der Waals surface area contributed by atoms with Gasteiger partial charge in [-0.15, -0.1) is 10.2 Å². The molecule has 2 fully saturated rings. The van der Waals surface area contributed by atoms with Crippen molar-refractivity contribution in [3.8, 4) is 0 Å². The fourth-order valence-corrected chi connectivity index (χ4v) is 4.93. The zero-order valence-corrected chi connectivity index (χ0v) is 13.9. The summed E-state index contributed by atoms with van der Waals surface area (Å²) < 4.78 is 25.2. The lowest BCUT2D eigenvalue weighted by Crippen LogP contribution is -2.48. The second-order valence-corrected chi connectivity index (χ2v) is 8.96. The zero-order valence-electron chi connectivity index (χ0n) is 12.3. The Hall–Kier alpha value is -1.10. The van der Waals surface area contributed by atoms with Crippen LogP contribution < -0.4 is 15.4 Å². The van der Waals surface area contributed by atoms with E-state index >= 15 is 0 Å². The Morgan fingerprint density at radius 3 is 2.64 bits per heavy atom. The van der Waals surface area contributed by atoms with Crippen LogP contribution in [0.5, 0.6) is 0 Å². The molecule has 122 valence electrons. The van der Waals surface area contributed by atoms with E-state index in [1.165, 1.54) is 7.05 Å². The minimum absolute atomic E-state index is 0.00800. The Morgan fingerprint density at radius 1 is 1.32 bits per heavy atom. The van der Waals surface area contributed by atoms with Gasteiger partial charge < -0.3 is 10.6 Å². The van der Waals surface area contributed by atoms with Crippen LogP contribution in [0.25, 0.3) is 0 Å². The molecule has 2 heterocycles. The summed E-state index contributed by atoms with van der Waals surface area (Å²) in [5.74, 6) is -0.0972. The predicted molar refractivity (Wildman–Crippen MR) is 82.0 cm³/mol. The van der Waals surface area contributed by atoms with Crippen LogP contribution in [0.2, 0.25) is 0 Å². The third-order valence-corrected chi connectivity index (χ3v) is 7.15. The number of amides is 1. The first-order chi connectivity index (χ1) is 10.4. The van der Waals surface area contributed by atoms with Crippen molar-refractivity contribution < 1.29 is 13.2 Å². The van der Waals surface area contributed by atoms with E-state index in [1.807, 2.05) is 0 Å². The number of nitrogens with one attached hydrogen (secondary N) is 3. The number of carbonyl (C=O) groups excluding carboxylic acids is 1. The largest absolute Gasteiger partial charge is 0.317 e. The first-order valence-electron chi connectivity index (χ1n) is 7.23. The molecule has 0 aromatic carbocycles. The third kappa shape index (κ3) is 3.00. The van der Waals surface area contributed by atoms with Gasteiger partial charge in [-0.1, -0.05) is 11.3 Å². The average molecular weight is 345 g/mol. The van der Waals surface area contributed by atoms with Crippen LogP contribution in [-0.2, 0) is 14.8 Å². The SMILES string of the molecule is CNS(=O)(=O)c1nnc(NC(=O)C2CC3(CCNCC3)C2)s1. The van der Waals surface area contributed by atoms with Gasteiger partial charge in [-0.05, 0) is 51.2 Å². The van der Waals surface area contributed by atoms with Crippen molar-refractivity contribution >= 4 is 32.4 Å². The highest BCUT2D eigenvalue weighted by Crippen LogP contribution is 2.51. The summed E-state index contributed by atoms with van der Waals surface area (Å²) in [6.45, 7) is 2.05. The number of hydrogen-bond donors (Lipinski definition) is 3. The molecule has 1 aliphatic heterocycles. The summed E-state index contributed by atoms with van der Waals surface area (Å²) in [6, 6.07) is 0. The average Bonchev–Trinajstić information content (AvgIpc) is 2.94. The van der Waals surface area contributed by atoms with Crippen molar-refractivity contribution in [3.63, 3.8) is 0 Å². The van der Waals surface area contributed by atoms with Crippen molar-refractivity contribution in [3.05, 3.63) is 0 Å². The molecule has 1 aromatic rings. The van der Waals surface area contributed by atoms with E-state index in [9.17, 15) is 13.2 Å². The Labute approximate surface area is 133 Å². The van der Waals surface area contributed by atoms with Gasteiger partial charge in [-0.25, -0.2) is 13.1 Å². The minimum Gasteiger partial charge on any atom is -0.317 e. The molecule has 0 atom stereocenters. The second kappa shape index (κ2) is 5.84. The van der Waals surface area contributed by atoms with Gasteiger partial charge in [0.2, 0.25) is 15.4 Å². The Bertz CT molecular complexity index is 658. The number of aromatic nitrogens is 2. The summed E-state index contributed by atoms with van der Waals surface area (Å²) in [4.78, 5) is 12.2. The quantitative estimate of drug-likeness (QED) is 0.670. The van der Waals surface area contributed by atoms with Crippen LogP contribution in [-0.4, -0.2) is 44.7 Å². The van der Waals surface area contributed by atoms with E-state index < -0.39 is 10.0 Å². The molecular formula is C12H19N5O3S2. The van der Waals surface area contributed by atoms with E-state index in [4.69, 9.17) is 0 Å². The van der Waals surface area contributed by atoms with Crippen LogP contribution in [0.15, 0.2) is 4.34 Å². The molecule has 0 unspecified atom stereocenters. The number of piperidine rings is 1. The molecule has 1 saturated heterocycles. The van der Waals surface area contributed by atoms with Crippen LogP contribution in [0, 0.1) is 11.3 Å². The Balaban J connectivity index is 1.57. The zero-order chi connectivity index (χ0) is 15.8. The molecule has 1 saturated carbocycles. The van der Waals surface area contributed by atoms with Gasteiger partial charge in [0.05, 0.1) is 0 Å². The first-order valence-corrected chi connectivity index (χ1v) is 9.53. The number of rotatable bonds is 4. The van der Waals surface area contributed by atoms with Crippen LogP contribution in [0.1, 0.15) is 25.7 Å². The third-order valence-electron chi connectivity index (χ3n) is 4.53. The second-order valence-electron chi connectivity index (χ2n) is 5.93. The van der Waals surface area contributed by atoms with Crippen LogP contribution in [0.4, 0.5) is 5.13 Å². The van der Waals surface area contributed by atoms with Gasteiger partial charge in [-0.2, -0.15) is 0 Å². The molecule has 3 rings (SSSR count). The molecule has 1 aromatic heterocycles. The van der Waals surface area contributed by atoms with Gasteiger partial charge in [0.1, 0.15) is 0 Å².